The van der Waals surface area contributed by atoms with Crippen LogP contribution in [0.3, 0.4) is 0 Å². The van der Waals surface area contributed by atoms with Gasteiger partial charge in [0.05, 0.1) is 4.90 Å². The van der Waals surface area contributed by atoms with Crippen LogP contribution in [0.5, 0.6) is 0 Å². The van der Waals surface area contributed by atoms with Gasteiger partial charge < -0.3 is 0 Å². The van der Waals surface area contributed by atoms with Crippen molar-refractivity contribution in [3.05, 3.63) is 27.7 Å². The Morgan fingerprint density at radius 1 is 1.50 bits per heavy atom. The molecule has 7 heteroatoms. The summed E-state index contributed by atoms with van der Waals surface area (Å²) in [6, 6.07) is 3.58. The summed E-state index contributed by atoms with van der Waals surface area (Å²) in [5, 5.41) is 0.328. The minimum absolute atomic E-state index is 0.308. The van der Waals surface area contributed by atoms with Gasteiger partial charge in [-0.3, -0.25) is 0 Å². The van der Waals surface area contributed by atoms with Crippen molar-refractivity contribution in [3.8, 4) is 0 Å². The van der Waals surface area contributed by atoms with Gasteiger partial charge in [0, 0.05) is 34.4 Å². The Bertz CT molecular complexity index is 607. The normalized spacial score (nSPS) is 21.1. The first-order chi connectivity index (χ1) is 9.36. The molecule has 1 heterocycles. The summed E-state index contributed by atoms with van der Waals surface area (Å²) < 4.78 is 27.8. The lowest BCUT2D eigenvalue weighted by atomic mass is 10.2. The fourth-order valence-corrected chi connectivity index (χ4v) is 6.16. The molecular weight excluding hydrogens is 382 g/mol. The number of sulfonamides is 1. The smallest absolute Gasteiger partial charge is 0.207 e. The van der Waals surface area contributed by atoms with Gasteiger partial charge in [0.2, 0.25) is 10.0 Å². The topological polar surface area (TPSA) is 37.4 Å². The standard InChI is InChI=1S/C13H17BrClNO2S2/c1-9-5-11(7-15)6-12(13(9)14)20(17,18)16-3-4-19-10(2)8-16/h5-6,10H,3-4,7-8H2,1-2H3. The highest BCUT2D eigenvalue weighted by molar-refractivity contribution is 9.10. The zero-order valence-electron chi connectivity index (χ0n) is 11.4. The van der Waals surface area contributed by atoms with E-state index in [4.69, 9.17) is 11.6 Å². The summed E-state index contributed by atoms with van der Waals surface area (Å²) >= 11 is 11.1. The van der Waals surface area contributed by atoms with Crippen molar-refractivity contribution in [2.24, 2.45) is 0 Å². The van der Waals surface area contributed by atoms with Gasteiger partial charge in [0.15, 0.2) is 0 Å². The van der Waals surface area contributed by atoms with Crippen LogP contribution in [-0.4, -0.2) is 36.8 Å². The van der Waals surface area contributed by atoms with Gasteiger partial charge >= 0.3 is 0 Å². The molecule has 1 aliphatic rings. The summed E-state index contributed by atoms with van der Waals surface area (Å²) in [5.41, 5.74) is 1.71. The minimum Gasteiger partial charge on any atom is -0.207 e. The van der Waals surface area contributed by atoms with E-state index in [9.17, 15) is 8.42 Å². The maximum absolute atomic E-state index is 12.8. The first-order valence-electron chi connectivity index (χ1n) is 6.33. The second-order valence-electron chi connectivity index (χ2n) is 4.90. The number of thioether (sulfide) groups is 1. The fraction of sp³-hybridized carbons (Fsp3) is 0.538. The van der Waals surface area contributed by atoms with Crippen LogP contribution in [0.15, 0.2) is 21.5 Å². The second-order valence-corrected chi connectivity index (χ2v) is 9.42. The molecule has 0 spiro atoms. The van der Waals surface area contributed by atoms with Crippen molar-refractivity contribution in [1.29, 1.82) is 0 Å². The van der Waals surface area contributed by atoms with Crippen LogP contribution in [0.1, 0.15) is 18.1 Å². The summed E-state index contributed by atoms with van der Waals surface area (Å²) in [6.07, 6.45) is 0. The van der Waals surface area contributed by atoms with E-state index in [-0.39, 0.29) is 0 Å². The Labute approximate surface area is 138 Å². The molecule has 0 N–H and O–H groups in total. The number of rotatable bonds is 3. The zero-order chi connectivity index (χ0) is 14.9. The summed E-state index contributed by atoms with van der Waals surface area (Å²) in [6.45, 7) is 5.06. The van der Waals surface area contributed by atoms with Crippen LogP contribution >= 0.6 is 39.3 Å². The van der Waals surface area contributed by atoms with Gasteiger partial charge in [-0.05, 0) is 40.0 Å². The van der Waals surface area contributed by atoms with Crippen LogP contribution in [0.2, 0.25) is 0 Å². The fourth-order valence-electron chi connectivity index (χ4n) is 2.22. The number of hydrogen-bond acceptors (Lipinski definition) is 3. The largest absolute Gasteiger partial charge is 0.244 e. The highest BCUT2D eigenvalue weighted by atomic mass is 79.9. The monoisotopic (exact) mass is 397 g/mol. The molecule has 1 unspecified atom stereocenters. The van der Waals surface area contributed by atoms with Gasteiger partial charge in [-0.1, -0.05) is 13.0 Å². The molecule has 0 aliphatic carbocycles. The molecule has 0 aromatic heterocycles. The molecule has 0 saturated carbocycles. The Morgan fingerprint density at radius 3 is 2.80 bits per heavy atom. The third-order valence-corrected chi connectivity index (χ3v) is 7.91. The SMILES string of the molecule is Cc1cc(CCl)cc(S(=O)(=O)N2CCSC(C)C2)c1Br. The maximum atomic E-state index is 12.8. The molecule has 2 rings (SSSR count). The number of halogens is 2. The quantitative estimate of drug-likeness (QED) is 0.730. The predicted octanol–water partition coefficient (Wildman–Crippen LogP) is 3.62. The second kappa shape index (κ2) is 6.57. The highest BCUT2D eigenvalue weighted by Gasteiger charge is 2.31. The van der Waals surface area contributed by atoms with E-state index in [0.29, 0.717) is 33.6 Å². The number of aryl methyl sites for hydroxylation is 1. The molecule has 0 amide bonds. The predicted molar refractivity (Wildman–Crippen MR) is 89.1 cm³/mol. The molecule has 1 aromatic rings. The van der Waals surface area contributed by atoms with E-state index < -0.39 is 10.0 Å². The van der Waals surface area contributed by atoms with Crippen LogP contribution in [0, 0.1) is 6.92 Å². The highest BCUT2D eigenvalue weighted by Crippen LogP contribution is 2.32. The summed E-state index contributed by atoms with van der Waals surface area (Å²) in [4.78, 5) is 0.326. The first kappa shape index (κ1) is 16.6. The number of benzene rings is 1. The Hall–Kier alpha value is 0.250. The Balaban J connectivity index is 2.46. The molecule has 0 bridgehead atoms. The van der Waals surface area contributed by atoms with Crippen molar-refractivity contribution in [2.75, 3.05) is 18.8 Å². The molecule has 20 heavy (non-hydrogen) atoms. The molecule has 1 fully saturated rings. The van der Waals surface area contributed by atoms with Crippen molar-refractivity contribution < 1.29 is 8.42 Å². The lowest BCUT2D eigenvalue weighted by Gasteiger charge is -2.30. The molecule has 112 valence electrons. The Morgan fingerprint density at radius 2 is 2.20 bits per heavy atom. The molecule has 1 atom stereocenters. The number of hydrogen-bond donors (Lipinski definition) is 0. The molecule has 1 saturated heterocycles. The van der Waals surface area contributed by atoms with E-state index in [1.165, 1.54) is 0 Å². The van der Waals surface area contributed by atoms with Crippen molar-refractivity contribution in [3.63, 3.8) is 0 Å². The van der Waals surface area contributed by atoms with E-state index in [1.54, 1.807) is 10.4 Å². The minimum atomic E-state index is -3.47. The van der Waals surface area contributed by atoms with Crippen LogP contribution in [0.25, 0.3) is 0 Å². The van der Waals surface area contributed by atoms with Crippen molar-refractivity contribution in [1.82, 2.24) is 4.31 Å². The Kier molecular flexibility index (Phi) is 5.46. The van der Waals surface area contributed by atoms with Gasteiger partial charge in [-0.25, -0.2) is 8.42 Å². The summed E-state index contributed by atoms with van der Waals surface area (Å²) in [5.74, 6) is 1.15. The molecular formula is C13H17BrClNO2S2. The van der Waals surface area contributed by atoms with Crippen LogP contribution < -0.4 is 0 Å². The lowest BCUT2D eigenvalue weighted by molar-refractivity contribution is 0.424. The van der Waals surface area contributed by atoms with Gasteiger partial charge in [-0.15, -0.1) is 11.6 Å². The molecule has 1 aromatic carbocycles. The van der Waals surface area contributed by atoms with Crippen LogP contribution in [-0.2, 0) is 15.9 Å². The third-order valence-electron chi connectivity index (χ3n) is 3.26. The van der Waals surface area contributed by atoms with Gasteiger partial charge in [-0.2, -0.15) is 16.1 Å². The first-order valence-corrected chi connectivity index (χ1v) is 10.1. The van der Waals surface area contributed by atoms with Crippen molar-refractivity contribution >= 4 is 49.3 Å². The maximum Gasteiger partial charge on any atom is 0.244 e. The average molecular weight is 399 g/mol. The van der Waals surface area contributed by atoms with E-state index in [0.717, 1.165) is 16.9 Å². The zero-order valence-corrected chi connectivity index (χ0v) is 15.4. The van der Waals surface area contributed by atoms with Crippen LogP contribution in [0.4, 0.5) is 0 Å². The molecule has 0 radical (unpaired) electrons. The lowest BCUT2D eigenvalue weighted by Crippen LogP contribution is -2.41. The van der Waals surface area contributed by atoms with E-state index in [1.807, 2.05) is 24.8 Å². The van der Waals surface area contributed by atoms with E-state index in [2.05, 4.69) is 22.9 Å². The average Bonchev–Trinajstić information content (AvgIpc) is 2.41. The molecule has 3 nitrogen and oxygen atoms in total. The third kappa shape index (κ3) is 3.35. The molecule has 1 aliphatic heterocycles. The van der Waals surface area contributed by atoms with Crippen molar-refractivity contribution in [2.45, 2.75) is 29.9 Å². The van der Waals surface area contributed by atoms with E-state index >= 15 is 0 Å². The number of nitrogens with zero attached hydrogens (tertiary/aromatic N) is 1. The van der Waals surface area contributed by atoms with Gasteiger partial charge in [0.25, 0.3) is 0 Å². The summed E-state index contributed by atoms with van der Waals surface area (Å²) in [7, 11) is -3.47. The van der Waals surface area contributed by atoms with Gasteiger partial charge in [0.1, 0.15) is 0 Å². The number of alkyl halides is 1.